The third-order valence-corrected chi connectivity index (χ3v) is 3.76. The molecule has 21 heavy (non-hydrogen) atoms. The van der Waals surface area contributed by atoms with Crippen LogP contribution in [0, 0.1) is 5.92 Å². The fourth-order valence-electron chi connectivity index (χ4n) is 2.53. The molecule has 1 fully saturated rings. The second-order valence-corrected chi connectivity index (χ2v) is 5.86. The predicted octanol–water partition coefficient (Wildman–Crippen LogP) is 2.42. The molecule has 1 N–H and O–H groups in total. The van der Waals surface area contributed by atoms with E-state index in [-0.39, 0.29) is 24.4 Å². The van der Waals surface area contributed by atoms with Crippen LogP contribution in [0.5, 0.6) is 0 Å². The molecule has 0 aromatic heterocycles. The molecule has 1 aliphatic heterocycles. The van der Waals surface area contributed by atoms with Crippen LogP contribution < -0.4 is 0 Å². The molecular formula is C16H22N2O3. The summed E-state index contributed by atoms with van der Waals surface area (Å²) in [5, 5.41) is 8.75. The number of carboxylic acid groups (broad SMARTS) is 1. The molecular weight excluding hydrogens is 268 g/mol. The van der Waals surface area contributed by atoms with E-state index in [0.717, 1.165) is 5.56 Å². The van der Waals surface area contributed by atoms with E-state index in [4.69, 9.17) is 5.11 Å². The van der Waals surface area contributed by atoms with Crippen LogP contribution in [0.1, 0.15) is 25.8 Å². The lowest BCUT2D eigenvalue weighted by Crippen LogP contribution is -2.56. The van der Waals surface area contributed by atoms with Crippen molar-refractivity contribution >= 4 is 12.0 Å². The van der Waals surface area contributed by atoms with E-state index < -0.39 is 5.97 Å². The van der Waals surface area contributed by atoms with E-state index in [1.165, 1.54) is 0 Å². The Balaban J connectivity index is 1.93. The Morgan fingerprint density at radius 3 is 2.43 bits per heavy atom. The predicted molar refractivity (Wildman–Crippen MR) is 79.8 cm³/mol. The minimum atomic E-state index is -0.794. The Kier molecular flexibility index (Phi) is 4.83. The Morgan fingerprint density at radius 1 is 1.29 bits per heavy atom. The highest BCUT2D eigenvalue weighted by atomic mass is 16.4. The van der Waals surface area contributed by atoms with Gasteiger partial charge in [-0.25, -0.2) is 4.79 Å². The van der Waals surface area contributed by atoms with Crippen LogP contribution in [0.15, 0.2) is 30.3 Å². The molecule has 1 aromatic carbocycles. The topological polar surface area (TPSA) is 60.9 Å². The van der Waals surface area contributed by atoms with Crippen molar-refractivity contribution in [2.24, 2.45) is 5.92 Å². The first-order valence-corrected chi connectivity index (χ1v) is 7.28. The molecule has 0 atom stereocenters. The summed E-state index contributed by atoms with van der Waals surface area (Å²) in [6.07, 6.45) is 0.143. The number of benzene rings is 1. The summed E-state index contributed by atoms with van der Waals surface area (Å²) in [5.41, 5.74) is 1.10. The summed E-state index contributed by atoms with van der Waals surface area (Å²) in [7, 11) is 0. The molecule has 1 aliphatic rings. The lowest BCUT2D eigenvalue weighted by Gasteiger charge is -2.42. The van der Waals surface area contributed by atoms with Gasteiger partial charge in [-0.15, -0.1) is 0 Å². The highest BCUT2D eigenvalue weighted by Crippen LogP contribution is 2.22. The summed E-state index contributed by atoms with van der Waals surface area (Å²) in [5.74, 6) is -0.700. The number of carbonyl (C=O) groups excluding carboxylic acids is 1. The van der Waals surface area contributed by atoms with Crippen LogP contribution in [-0.4, -0.2) is 46.0 Å². The van der Waals surface area contributed by atoms with Crippen LogP contribution in [-0.2, 0) is 11.3 Å². The fraction of sp³-hybridized carbons (Fsp3) is 0.500. The maximum Gasteiger partial charge on any atom is 0.320 e. The van der Waals surface area contributed by atoms with E-state index in [0.29, 0.717) is 19.6 Å². The molecule has 0 spiro atoms. The van der Waals surface area contributed by atoms with Crippen LogP contribution in [0.4, 0.5) is 4.79 Å². The molecule has 5 nitrogen and oxygen atoms in total. The second kappa shape index (κ2) is 6.61. The van der Waals surface area contributed by atoms with Gasteiger partial charge in [0.1, 0.15) is 0 Å². The highest BCUT2D eigenvalue weighted by Gasteiger charge is 2.35. The Labute approximate surface area is 125 Å². The van der Waals surface area contributed by atoms with Gasteiger partial charge in [0.05, 0.1) is 6.42 Å². The maximum absolute atomic E-state index is 12.5. The first kappa shape index (κ1) is 15.4. The normalized spacial score (nSPS) is 14.9. The highest BCUT2D eigenvalue weighted by molar-refractivity contribution is 5.76. The number of urea groups is 1. The van der Waals surface area contributed by atoms with Crippen LogP contribution >= 0.6 is 0 Å². The van der Waals surface area contributed by atoms with Gasteiger partial charge in [0, 0.05) is 31.6 Å². The van der Waals surface area contributed by atoms with Gasteiger partial charge in [0.15, 0.2) is 0 Å². The number of hydrogen-bond acceptors (Lipinski definition) is 2. The first-order valence-electron chi connectivity index (χ1n) is 7.28. The van der Waals surface area contributed by atoms with Gasteiger partial charge in [0.25, 0.3) is 0 Å². The number of carboxylic acids is 1. The zero-order chi connectivity index (χ0) is 15.4. The van der Waals surface area contributed by atoms with E-state index >= 15 is 0 Å². The van der Waals surface area contributed by atoms with E-state index in [9.17, 15) is 9.59 Å². The number of likely N-dealkylation sites (tertiary alicyclic amines) is 1. The van der Waals surface area contributed by atoms with Crippen molar-refractivity contribution in [3.8, 4) is 0 Å². The number of rotatable bonds is 5. The van der Waals surface area contributed by atoms with Crippen molar-refractivity contribution in [2.75, 3.05) is 13.1 Å². The van der Waals surface area contributed by atoms with Crippen molar-refractivity contribution in [3.05, 3.63) is 35.9 Å². The molecule has 0 unspecified atom stereocenters. The molecule has 1 saturated heterocycles. The average molecular weight is 290 g/mol. The van der Waals surface area contributed by atoms with Gasteiger partial charge in [-0.05, 0) is 19.4 Å². The zero-order valence-electron chi connectivity index (χ0n) is 12.5. The monoisotopic (exact) mass is 290 g/mol. The van der Waals surface area contributed by atoms with Crippen molar-refractivity contribution in [3.63, 3.8) is 0 Å². The van der Waals surface area contributed by atoms with Gasteiger partial charge in [0.2, 0.25) is 0 Å². The van der Waals surface area contributed by atoms with Crippen molar-refractivity contribution in [1.29, 1.82) is 0 Å². The van der Waals surface area contributed by atoms with E-state index in [1.807, 2.05) is 49.1 Å². The number of amides is 2. The SMILES string of the molecule is CC(C)N(Cc1ccccc1)C(=O)N1CC(CC(=O)O)C1. The molecule has 1 aromatic rings. The molecule has 2 rings (SSSR count). The van der Waals surface area contributed by atoms with Crippen molar-refractivity contribution < 1.29 is 14.7 Å². The Morgan fingerprint density at radius 2 is 1.90 bits per heavy atom. The quantitative estimate of drug-likeness (QED) is 0.906. The maximum atomic E-state index is 12.5. The largest absolute Gasteiger partial charge is 0.481 e. The molecule has 5 heteroatoms. The Hall–Kier alpha value is -2.04. The summed E-state index contributed by atoms with van der Waals surface area (Å²) < 4.78 is 0. The number of carbonyl (C=O) groups is 2. The van der Waals surface area contributed by atoms with Gasteiger partial charge in [-0.2, -0.15) is 0 Å². The summed E-state index contributed by atoms with van der Waals surface area (Å²) in [6.45, 7) is 5.66. The smallest absolute Gasteiger partial charge is 0.320 e. The minimum Gasteiger partial charge on any atom is -0.481 e. The minimum absolute atomic E-state index is 0.00417. The summed E-state index contributed by atoms with van der Waals surface area (Å²) in [6, 6.07) is 10.00. The first-order chi connectivity index (χ1) is 9.97. The number of hydrogen-bond donors (Lipinski definition) is 1. The number of aliphatic carboxylic acids is 1. The van der Waals surface area contributed by atoms with Crippen LogP contribution in [0.2, 0.25) is 0 Å². The standard InChI is InChI=1S/C16H22N2O3/c1-12(2)18(11-13-6-4-3-5-7-13)16(21)17-9-14(10-17)8-15(19)20/h3-7,12,14H,8-11H2,1-2H3,(H,19,20). The third-order valence-electron chi connectivity index (χ3n) is 3.76. The lowest BCUT2D eigenvalue weighted by molar-refractivity contribution is -0.139. The molecule has 0 aliphatic carbocycles. The third kappa shape index (κ3) is 3.97. The van der Waals surface area contributed by atoms with Gasteiger partial charge in [-0.3, -0.25) is 4.79 Å². The van der Waals surface area contributed by atoms with Crippen molar-refractivity contribution in [2.45, 2.75) is 32.9 Å². The van der Waals surface area contributed by atoms with E-state index in [2.05, 4.69) is 0 Å². The fourth-order valence-corrected chi connectivity index (χ4v) is 2.53. The average Bonchev–Trinajstić information content (AvgIpc) is 2.39. The molecule has 0 radical (unpaired) electrons. The number of nitrogens with zero attached hydrogens (tertiary/aromatic N) is 2. The van der Waals surface area contributed by atoms with Gasteiger partial charge < -0.3 is 14.9 Å². The van der Waals surface area contributed by atoms with Gasteiger partial charge in [-0.1, -0.05) is 30.3 Å². The lowest BCUT2D eigenvalue weighted by atomic mass is 9.97. The summed E-state index contributed by atoms with van der Waals surface area (Å²) in [4.78, 5) is 26.7. The van der Waals surface area contributed by atoms with Crippen LogP contribution in [0.25, 0.3) is 0 Å². The molecule has 1 heterocycles. The molecule has 2 amide bonds. The van der Waals surface area contributed by atoms with E-state index in [1.54, 1.807) is 4.90 Å². The van der Waals surface area contributed by atoms with Crippen molar-refractivity contribution in [1.82, 2.24) is 9.80 Å². The zero-order valence-corrected chi connectivity index (χ0v) is 12.5. The molecule has 0 bridgehead atoms. The van der Waals surface area contributed by atoms with Gasteiger partial charge >= 0.3 is 12.0 Å². The Bertz CT molecular complexity index is 496. The summed E-state index contributed by atoms with van der Waals surface area (Å²) >= 11 is 0. The molecule has 0 saturated carbocycles. The second-order valence-electron chi connectivity index (χ2n) is 5.86. The molecule has 114 valence electrons. The van der Waals surface area contributed by atoms with Crippen LogP contribution in [0.3, 0.4) is 0 Å².